The minimum absolute atomic E-state index is 0.234. The van der Waals surface area contributed by atoms with Gasteiger partial charge in [-0.1, -0.05) is 18.2 Å². The van der Waals surface area contributed by atoms with E-state index in [1.54, 1.807) is 0 Å². The number of nitrogens with zero attached hydrogens (tertiary/aromatic N) is 2. The number of benzene rings is 1. The van der Waals surface area contributed by atoms with E-state index in [0.717, 1.165) is 19.6 Å². The number of carboxylic acids is 1. The molecule has 0 bridgehead atoms. The van der Waals surface area contributed by atoms with Crippen molar-refractivity contribution < 1.29 is 9.90 Å². The molecule has 0 radical (unpaired) electrons. The van der Waals surface area contributed by atoms with E-state index in [9.17, 15) is 9.90 Å². The Morgan fingerprint density at radius 2 is 2.23 bits per heavy atom. The number of fused-ring (bicyclic) bond motifs is 2. The fourth-order valence-corrected chi connectivity index (χ4v) is 4.37. The summed E-state index contributed by atoms with van der Waals surface area (Å²) >= 11 is 0. The van der Waals surface area contributed by atoms with Crippen molar-refractivity contribution in [3.05, 3.63) is 36.0 Å². The molecule has 22 heavy (non-hydrogen) atoms. The van der Waals surface area contributed by atoms with Crippen LogP contribution in [0.15, 0.2) is 30.5 Å². The zero-order valence-electron chi connectivity index (χ0n) is 12.7. The first-order valence-electron chi connectivity index (χ1n) is 7.78. The van der Waals surface area contributed by atoms with Crippen LogP contribution in [0.4, 0.5) is 0 Å². The fourth-order valence-electron chi connectivity index (χ4n) is 4.37. The molecule has 1 aromatic heterocycles. The zero-order chi connectivity index (χ0) is 15.3. The van der Waals surface area contributed by atoms with Crippen molar-refractivity contribution in [2.24, 2.45) is 11.3 Å². The molecule has 0 spiro atoms. The second-order valence-electron chi connectivity index (χ2n) is 6.88. The molecule has 1 aromatic carbocycles. The third-order valence-corrected chi connectivity index (χ3v) is 5.34. The number of carbonyl (C=O) groups is 1. The molecule has 0 amide bonds. The van der Waals surface area contributed by atoms with E-state index in [1.165, 1.54) is 16.5 Å². The van der Waals surface area contributed by atoms with Crippen LogP contribution in [0, 0.1) is 11.3 Å². The second-order valence-corrected chi connectivity index (χ2v) is 6.88. The largest absolute Gasteiger partial charge is 0.481 e. The number of hydrogen-bond donors (Lipinski definition) is 2. The number of likely N-dealkylation sites (tertiary alicyclic amines) is 2. The predicted octanol–water partition coefficient (Wildman–Crippen LogP) is 1.62. The quantitative estimate of drug-likeness (QED) is 0.904. The van der Waals surface area contributed by atoms with Gasteiger partial charge in [0.2, 0.25) is 0 Å². The van der Waals surface area contributed by atoms with Gasteiger partial charge in [-0.2, -0.15) is 0 Å². The van der Waals surface area contributed by atoms with Gasteiger partial charge in [0.25, 0.3) is 0 Å². The van der Waals surface area contributed by atoms with Gasteiger partial charge in [-0.15, -0.1) is 0 Å². The van der Waals surface area contributed by atoms with Gasteiger partial charge in [-0.3, -0.25) is 9.69 Å². The van der Waals surface area contributed by atoms with E-state index in [1.807, 2.05) is 13.2 Å². The lowest BCUT2D eigenvalue weighted by Crippen LogP contribution is -2.40. The molecule has 0 unspecified atom stereocenters. The molecule has 2 aromatic rings. The number of nitrogens with one attached hydrogen (secondary N) is 1. The summed E-state index contributed by atoms with van der Waals surface area (Å²) in [6.07, 6.45) is 1.96. The summed E-state index contributed by atoms with van der Waals surface area (Å²) in [4.78, 5) is 19.6. The van der Waals surface area contributed by atoms with Crippen LogP contribution >= 0.6 is 0 Å². The topological polar surface area (TPSA) is 59.6 Å². The van der Waals surface area contributed by atoms with Crippen LogP contribution in [0.1, 0.15) is 5.56 Å². The number of carboxylic acid groups (broad SMARTS) is 1. The number of aromatic amines is 1. The summed E-state index contributed by atoms with van der Waals surface area (Å²) in [5, 5.41) is 11.0. The Morgan fingerprint density at radius 3 is 3.00 bits per heavy atom. The molecule has 2 N–H and O–H groups in total. The molecule has 4 rings (SSSR count). The van der Waals surface area contributed by atoms with Crippen LogP contribution in [0.2, 0.25) is 0 Å². The molecule has 0 aliphatic carbocycles. The van der Waals surface area contributed by atoms with Crippen molar-refractivity contribution >= 4 is 16.9 Å². The van der Waals surface area contributed by atoms with E-state index in [0.29, 0.717) is 13.1 Å². The Balaban J connectivity index is 1.59. The van der Waals surface area contributed by atoms with E-state index >= 15 is 0 Å². The maximum Gasteiger partial charge on any atom is 0.312 e. The molecule has 2 aliphatic heterocycles. The Bertz CT molecular complexity index is 726. The molecule has 5 heteroatoms. The standard InChI is InChI=1S/C17H21N3O2/c1-19-8-14-9-20(11-17(14,10-19)16(21)22)7-13-4-2-3-12-5-6-18-15(12)13/h2-6,14,18H,7-11H2,1H3,(H,21,22)/t14-,17-/m0/s1. The second kappa shape index (κ2) is 4.83. The van der Waals surface area contributed by atoms with E-state index in [4.69, 9.17) is 0 Å². The summed E-state index contributed by atoms with van der Waals surface area (Å²) in [7, 11) is 2.02. The van der Waals surface area contributed by atoms with Crippen molar-refractivity contribution in [2.45, 2.75) is 6.54 Å². The number of hydrogen-bond acceptors (Lipinski definition) is 3. The maximum atomic E-state index is 11.9. The van der Waals surface area contributed by atoms with Crippen LogP contribution in [-0.4, -0.2) is 59.1 Å². The summed E-state index contributed by atoms with van der Waals surface area (Å²) in [6, 6.07) is 8.38. The fraction of sp³-hybridized carbons (Fsp3) is 0.471. The number of para-hydroxylation sites is 1. The first-order valence-corrected chi connectivity index (χ1v) is 7.78. The molecule has 2 fully saturated rings. The lowest BCUT2D eigenvalue weighted by atomic mass is 9.81. The Labute approximate surface area is 129 Å². The van der Waals surface area contributed by atoms with Gasteiger partial charge in [-0.25, -0.2) is 0 Å². The molecular weight excluding hydrogens is 278 g/mol. The molecule has 3 heterocycles. The molecule has 2 saturated heterocycles. The highest BCUT2D eigenvalue weighted by Gasteiger charge is 2.56. The van der Waals surface area contributed by atoms with Crippen LogP contribution in [0.5, 0.6) is 0 Å². The summed E-state index contributed by atoms with van der Waals surface area (Å²) < 4.78 is 0. The van der Waals surface area contributed by atoms with Gasteiger partial charge >= 0.3 is 5.97 Å². The lowest BCUT2D eigenvalue weighted by Gasteiger charge is -2.24. The highest BCUT2D eigenvalue weighted by Crippen LogP contribution is 2.42. The van der Waals surface area contributed by atoms with Gasteiger partial charge in [0, 0.05) is 50.4 Å². The van der Waals surface area contributed by atoms with Crippen LogP contribution in [0.3, 0.4) is 0 Å². The third-order valence-electron chi connectivity index (χ3n) is 5.34. The SMILES string of the molecule is CN1C[C@H]2CN(Cc3cccc4cc[nH]c34)C[C@@]2(C(=O)O)C1. The van der Waals surface area contributed by atoms with Crippen LogP contribution in [-0.2, 0) is 11.3 Å². The molecule has 0 saturated carbocycles. The van der Waals surface area contributed by atoms with Crippen molar-refractivity contribution in [1.29, 1.82) is 0 Å². The molecule has 2 atom stereocenters. The summed E-state index contributed by atoms with van der Waals surface area (Å²) in [5.74, 6) is -0.403. The minimum Gasteiger partial charge on any atom is -0.481 e. The summed E-state index contributed by atoms with van der Waals surface area (Å²) in [6.45, 7) is 3.88. The normalized spacial score (nSPS) is 29.2. The van der Waals surface area contributed by atoms with Crippen molar-refractivity contribution in [1.82, 2.24) is 14.8 Å². The average Bonchev–Trinajstić information content (AvgIpc) is 3.11. The van der Waals surface area contributed by atoms with Crippen LogP contribution in [0.25, 0.3) is 10.9 Å². The van der Waals surface area contributed by atoms with Crippen LogP contribution < -0.4 is 0 Å². The molecular formula is C17H21N3O2. The highest BCUT2D eigenvalue weighted by molar-refractivity contribution is 5.82. The molecule has 116 valence electrons. The molecule has 2 aliphatic rings. The van der Waals surface area contributed by atoms with Gasteiger partial charge in [0.05, 0.1) is 5.41 Å². The minimum atomic E-state index is -0.637. The first-order chi connectivity index (χ1) is 10.6. The predicted molar refractivity (Wildman–Crippen MR) is 84.6 cm³/mol. The highest BCUT2D eigenvalue weighted by atomic mass is 16.4. The van der Waals surface area contributed by atoms with E-state index < -0.39 is 11.4 Å². The van der Waals surface area contributed by atoms with Gasteiger partial charge in [0.1, 0.15) is 0 Å². The smallest absolute Gasteiger partial charge is 0.312 e. The third kappa shape index (κ3) is 1.96. The van der Waals surface area contributed by atoms with E-state index in [2.05, 4.69) is 39.0 Å². The Hall–Kier alpha value is -1.85. The zero-order valence-corrected chi connectivity index (χ0v) is 12.7. The van der Waals surface area contributed by atoms with Crippen molar-refractivity contribution in [3.63, 3.8) is 0 Å². The molecule has 5 nitrogen and oxygen atoms in total. The van der Waals surface area contributed by atoms with E-state index in [-0.39, 0.29) is 5.92 Å². The number of aliphatic carboxylic acids is 1. The Kier molecular flexibility index (Phi) is 3.03. The van der Waals surface area contributed by atoms with Crippen molar-refractivity contribution in [2.75, 3.05) is 33.2 Å². The monoisotopic (exact) mass is 299 g/mol. The van der Waals surface area contributed by atoms with Gasteiger partial charge in [-0.05, 0) is 24.1 Å². The number of rotatable bonds is 3. The van der Waals surface area contributed by atoms with Gasteiger partial charge in [0.15, 0.2) is 0 Å². The van der Waals surface area contributed by atoms with Crippen molar-refractivity contribution in [3.8, 4) is 0 Å². The lowest BCUT2D eigenvalue weighted by molar-refractivity contribution is -0.148. The summed E-state index contributed by atoms with van der Waals surface area (Å²) in [5.41, 5.74) is 1.83. The maximum absolute atomic E-state index is 11.9. The first kappa shape index (κ1) is 13.8. The Morgan fingerprint density at radius 1 is 1.36 bits per heavy atom. The number of aromatic nitrogens is 1. The average molecular weight is 299 g/mol. The van der Waals surface area contributed by atoms with Gasteiger partial charge < -0.3 is 15.0 Å². The number of H-pyrrole nitrogens is 1.